The fraction of sp³-hybridized carbons (Fsp3) is 0.824. The Bertz CT molecular complexity index is 417. The summed E-state index contributed by atoms with van der Waals surface area (Å²) in [6, 6.07) is 0.592. The number of hydrogen-bond donors (Lipinski definition) is 1. The summed E-state index contributed by atoms with van der Waals surface area (Å²) < 4.78 is 0. The summed E-state index contributed by atoms with van der Waals surface area (Å²) in [5, 5.41) is 8.11. The lowest BCUT2D eigenvalue weighted by molar-refractivity contribution is 0.459. The zero-order chi connectivity index (χ0) is 15.3. The van der Waals surface area contributed by atoms with Gasteiger partial charge in [-0.15, -0.1) is 11.3 Å². The van der Waals surface area contributed by atoms with E-state index in [1.807, 2.05) is 11.3 Å². The summed E-state index contributed by atoms with van der Waals surface area (Å²) in [7, 11) is 0. The Hall–Kier alpha value is -0.0600. The predicted octanol–water partition coefficient (Wildman–Crippen LogP) is 4.64. The standard InChI is InChI=1S/C17H30N2S2/c1-5-9-18-13(14-8-6-7-10-20-14)11-16-19-15(12-21-16)17(2,3)4/h12-14,18H,5-11H2,1-4H3. The predicted molar refractivity (Wildman–Crippen MR) is 96.7 cm³/mol. The highest BCUT2D eigenvalue weighted by molar-refractivity contribution is 8.00. The van der Waals surface area contributed by atoms with E-state index in [1.54, 1.807) is 0 Å². The third-order valence-corrected chi connectivity index (χ3v) is 6.42. The molecule has 2 unspecified atom stereocenters. The molecule has 1 fully saturated rings. The van der Waals surface area contributed by atoms with E-state index in [1.165, 1.54) is 42.1 Å². The second kappa shape index (κ2) is 7.98. The first-order valence-electron chi connectivity index (χ1n) is 8.30. The lowest BCUT2D eigenvalue weighted by Crippen LogP contribution is -2.41. The van der Waals surface area contributed by atoms with Crippen LogP contribution >= 0.6 is 23.1 Å². The maximum absolute atomic E-state index is 4.89. The van der Waals surface area contributed by atoms with E-state index in [2.05, 4.69) is 50.2 Å². The van der Waals surface area contributed by atoms with Crippen molar-refractivity contribution in [3.63, 3.8) is 0 Å². The van der Waals surface area contributed by atoms with Gasteiger partial charge in [0, 0.05) is 28.5 Å². The van der Waals surface area contributed by atoms with Gasteiger partial charge in [0.1, 0.15) is 0 Å². The molecule has 1 N–H and O–H groups in total. The highest BCUT2D eigenvalue weighted by Crippen LogP contribution is 2.30. The number of hydrogen-bond acceptors (Lipinski definition) is 4. The molecule has 0 aliphatic carbocycles. The Kier molecular flexibility index (Phi) is 6.57. The molecule has 120 valence electrons. The molecule has 1 aliphatic heterocycles. The zero-order valence-corrected chi connectivity index (χ0v) is 15.6. The van der Waals surface area contributed by atoms with E-state index >= 15 is 0 Å². The Morgan fingerprint density at radius 3 is 2.76 bits per heavy atom. The first-order valence-corrected chi connectivity index (χ1v) is 10.2. The first kappa shape index (κ1) is 17.3. The maximum atomic E-state index is 4.89. The molecule has 1 saturated heterocycles. The van der Waals surface area contributed by atoms with Gasteiger partial charge in [0.15, 0.2) is 0 Å². The maximum Gasteiger partial charge on any atom is 0.0944 e. The second-order valence-electron chi connectivity index (χ2n) is 7.05. The molecule has 1 aromatic heterocycles. The SMILES string of the molecule is CCCNC(Cc1nc(C(C)(C)C)cs1)C1CCCCS1. The van der Waals surface area contributed by atoms with Crippen molar-refractivity contribution in [2.75, 3.05) is 12.3 Å². The van der Waals surface area contributed by atoms with Crippen molar-refractivity contribution in [2.24, 2.45) is 0 Å². The molecular weight excluding hydrogens is 296 g/mol. The monoisotopic (exact) mass is 326 g/mol. The van der Waals surface area contributed by atoms with E-state index in [0.717, 1.165) is 18.2 Å². The van der Waals surface area contributed by atoms with E-state index in [-0.39, 0.29) is 5.41 Å². The van der Waals surface area contributed by atoms with Gasteiger partial charge in [-0.05, 0) is 31.6 Å². The Balaban J connectivity index is 2.01. The Morgan fingerprint density at radius 1 is 1.38 bits per heavy atom. The van der Waals surface area contributed by atoms with Crippen molar-refractivity contribution >= 4 is 23.1 Å². The van der Waals surface area contributed by atoms with Gasteiger partial charge in [0.25, 0.3) is 0 Å². The molecule has 2 atom stereocenters. The molecule has 0 bridgehead atoms. The molecule has 4 heteroatoms. The van der Waals surface area contributed by atoms with E-state index in [9.17, 15) is 0 Å². The van der Waals surface area contributed by atoms with Crippen LogP contribution in [-0.4, -0.2) is 28.6 Å². The molecular formula is C17H30N2S2. The molecule has 1 aliphatic rings. The number of aromatic nitrogens is 1. The van der Waals surface area contributed by atoms with Gasteiger partial charge in [0.05, 0.1) is 10.7 Å². The van der Waals surface area contributed by atoms with E-state index in [0.29, 0.717) is 6.04 Å². The highest BCUT2D eigenvalue weighted by Gasteiger charge is 2.25. The average Bonchev–Trinajstić information content (AvgIpc) is 2.93. The van der Waals surface area contributed by atoms with Crippen LogP contribution in [0, 0.1) is 0 Å². The topological polar surface area (TPSA) is 24.9 Å². The molecule has 2 nitrogen and oxygen atoms in total. The minimum atomic E-state index is 0.167. The van der Waals surface area contributed by atoms with Gasteiger partial charge in [-0.3, -0.25) is 0 Å². The van der Waals surface area contributed by atoms with Crippen LogP contribution in [0.25, 0.3) is 0 Å². The lowest BCUT2D eigenvalue weighted by Gasteiger charge is -2.30. The van der Waals surface area contributed by atoms with Gasteiger partial charge < -0.3 is 5.32 Å². The highest BCUT2D eigenvalue weighted by atomic mass is 32.2. The summed E-state index contributed by atoms with van der Waals surface area (Å²) in [5.41, 5.74) is 1.41. The fourth-order valence-corrected chi connectivity index (χ4v) is 5.20. The molecule has 2 heterocycles. The third-order valence-electron chi connectivity index (χ3n) is 4.03. The molecule has 0 aromatic carbocycles. The first-order chi connectivity index (χ1) is 10.0. The van der Waals surface area contributed by atoms with Gasteiger partial charge in [0.2, 0.25) is 0 Å². The van der Waals surface area contributed by atoms with Crippen LogP contribution in [0.15, 0.2) is 5.38 Å². The molecule has 21 heavy (non-hydrogen) atoms. The molecule has 0 saturated carbocycles. The number of thiazole rings is 1. The third kappa shape index (κ3) is 5.26. The van der Waals surface area contributed by atoms with Gasteiger partial charge in [-0.25, -0.2) is 4.98 Å². The van der Waals surface area contributed by atoms with Gasteiger partial charge in [-0.2, -0.15) is 11.8 Å². The van der Waals surface area contributed by atoms with Crippen molar-refractivity contribution in [1.82, 2.24) is 10.3 Å². The molecule has 2 rings (SSSR count). The van der Waals surface area contributed by atoms with Crippen LogP contribution in [0.4, 0.5) is 0 Å². The molecule has 1 aromatic rings. The summed E-state index contributed by atoms with van der Waals surface area (Å²) in [6.07, 6.45) is 6.46. The van der Waals surface area contributed by atoms with Crippen LogP contribution in [0.3, 0.4) is 0 Å². The van der Waals surface area contributed by atoms with Crippen LogP contribution in [0.2, 0.25) is 0 Å². The van der Waals surface area contributed by atoms with Crippen LogP contribution in [-0.2, 0) is 11.8 Å². The largest absolute Gasteiger partial charge is 0.312 e. The second-order valence-corrected chi connectivity index (χ2v) is 9.34. The average molecular weight is 327 g/mol. The van der Waals surface area contributed by atoms with Crippen molar-refractivity contribution < 1.29 is 0 Å². The normalized spacial score (nSPS) is 21.4. The number of thioether (sulfide) groups is 1. The Labute approximate surface area is 138 Å². The minimum Gasteiger partial charge on any atom is -0.312 e. The van der Waals surface area contributed by atoms with Crippen LogP contribution < -0.4 is 5.32 Å². The van der Waals surface area contributed by atoms with Crippen molar-refractivity contribution in [3.05, 3.63) is 16.1 Å². The quantitative estimate of drug-likeness (QED) is 0.824. The number of nitrogens with one attached hydrogen (secondary N) is 1. The molecule has 0 spiro atoms. The summed E-state index contributed by atoms with van der Waals surface area (Å²) in [5.74, 6) is 1.33. The molecule has 0 radical (unpaired) electrons. The smallest absolute Gasteiger partial charge is 0.0944 e. The summed E-state index contributed by atoms with van der Waals surface area (Å²) >= 11 is 4.01. The van der Waals surface area contributed by atoms with Gasteiger partial charge >= 0.3 is 0 Å². The van der Waals surface area contributed by atoms with E-state index < -0.39 is 0 Å². The zero-order valence-electron chi connectivity index (χ0n) is 13.9. The number of rotatable bonds is 6. The van der Waals surface area contributed by atoms with Crippen LogP contribution in [0.5, 0.6) is 0 Å². The van der Waals surface area contributed by atoms with E-state index in [4.69, 9.17) is 4.98 Å². The molecule has 0 amide bonds. The summed E-state index contributed by atoms with van der Waals surface area (Å²) in [4.78, 5) is 4.89. The fourth-order valence-electron chi connectivity index (χ4n) is 2.69. The summed E-state index contributed by atoms with van der Waals surface area (Å²) in [6.45, 7) is 10.1. The lowest BCUT2D eigenvalue weighted by atomic mass is 9.93. The minimum absolute atomic E-state index is 0.167. The van der Waals surface area contributed by atoms with Crippen molar-refractivity contribution in [3.8, 4) is 0 Å². The van der Waals surface area contributed by atoms with Crippen molar-refractivity contribution in [2.45, 2.75) is 76.5 Å². The van der Waals surface area contributed by atoms with Crippen LogP contribution in [0.1, 0.15) is 64.1 Å². The van der Waals surface area contributed by atoms with Crippen molar-refractivity contribution in [1.29, 1.82) is 0 Å². The van der Waals surface area contributed by atoms with Gasteiger partial charge in [-0.1, -0.05) is 34.1 Å². The number of nitrogens with zero attached hydrogens (tertiary/aromatic N) is 1. The Morgan fingerprint density at radius 2 is 2.19 bits per heavy atom.